The van der Waals surface area contributed by atoms with Gasteiger partial charge in [0.2, 0.25) is 0 Å². The second-order valence-corrected chi connectivity index (χ2v) is 3.72. The largest absolute Gasteiger partial charge is 0.668 e. The van der Waals surface area contributed by atoms with Gasteiger partial charge in [0.25, 0.3) is 0 Å². The number of nitrogens with one attached hydrogen (secondary N) is 1. The van der Waals surface area contributed by atoms with E-state index in [2.05, 4.69) is 42.1 Å². The van der Waals surface area contributed by atoms with E-state index >= 15 is 0 Å². The zero-order chi connectivity index (χ0) is 14.0. The smallest absolute Gasteiger partial charge is 0.0262 e. The summed E-state index contributed by atoms with van der Waals surface area (Å²) in [6.45, 7) is 6.22. The molecule has 0 rings (SSSR count). The number of hydrogen-bond acceptors (Lipinski definition) is 2. The summed E-state index contributed by atoms with van der Waals surface area (Å²) in [4.78, 5) is 0. The maximum atomic E-state index is 5.17. The van der Waals surface area contributed by atoms with Crippen LogP contribution in [0.4, 0.5) is 0 Å². The molecule has 0 fully saturated rings. The molecule has 3 N–H and O–H groups in total. The molecule has 0 aromatic rings. The average Bonchev–Trinajstić information content (AvgIpc) is 2.21. The zero-order valence-corrected chi connectivity index (χ0v) is 16.3. The normalized spacial score (nSPS) is 8.12. The Bertz CT molecular complexity index is 81.2. The Labute approximate surface area is 125 Å². The zero-order valence-electron chi connectivity index (χ0n) is 13.1. The summed E-state index contributed by atoms with van der Waals surface area (Å²) < 4.78 is 0. The molecule has 0 saturated heterocycles. The van der Waals surface area contributed by atoms with Crippen molar-refractivity contribution in [3.05, 3.63) is 16.0 Å². The third-order valence-electron chi connectivity index (χ3n) is 1.27. The molecule has 0 aliphatic heterocycles. The minimum atomic E-state index is 0. The second kappa shape index (κ2) is 30.0. The van der Waals surface area contributed by atoms with Gasteiger partial charge in [0, 0.05) is 27.9 Å². The number of rotatable bonds is 2. The van der Waals surface area contributed by atoms with Gasteiger partial charge in [-0.1, -0.05) is 6.92 Å². The third-order valence-corrected chi connectivity index (χ3v) is 1.27. The molecule has 0 aromatic heterocycles. The second-order valence-electron chi connectivity index (χ2n) is 3.72. The number of nitrogens with two attached hydrogens (primary N) is 1. The van der Waals surface area contributed by atoms with Gasteiger partial charge in [0.05, 0.1) is 0 Å². The van der Waals surface area contributed by atoms with Crippen LogP contribution < -0.4 is 11.3 Å². The first-order valence-electron chi connectivity index (χ1n) is 5.28. The maximum absolute atomic E-state index is 5.17. The molecule has 1 radical (unpaired) electrons. The number of hydrogen-bond donors (Lipinski definition) is 2. The third kappa shape index (κ3) is 81.8. The quantitative estimate of drug-likeness (QED) is 0.537. The van der Waals surface area contributed by atoms with Gasteiger partial charge >= 0.3 is 0 Å². The van der Waals surface area contributed by atoms with Gasteiger partial charge in [-0.25, -0.2) is 0 Å². The van der Waals surface area contributed by atoms with Crippen molar-refractivity contribution >= 4 is 0 Å². The summed E-state index contributed by atoms with van der Waals surface area (Å²) in [5.74, 6) is 5.17. The molecule has 6 heteroatoms. The Morgan fingerprint density at radius 2 is 1.06 bits per heavy atom. The minimum Gasteiger partial charge on any atom is -0.668 e. The van der Waals surface area contributed by atoms with E-state index in [-0.39, 0.29) is 27.9 Å². The average molecular weight is 415 g/mol. The van der Waals surface area contributed by atoms with E-state index in [0.29, 0.717) is 0 Å². The Kier molecular flexibility index (Phi) is 53.8. The standard InChI is InChI=1S/C5H14N2.3C2H6N.Ta/c1-4-5(2,3)7-6;3*1-3-2;/h7H,4,6H2,1-3H3;3*1-2H3;/q;3*-1;. The fourth-order valence-electron chi connectivity index (χ4n) is 0.102. The van der Waals surface area contributed by atoms with Gasteiger partial charge in [-0.3, -0.25) is 11.3 Å². The molecule has 0 aliphatic carbocycles. The van der Waals surface area contributed by atoms with Crippen LogP contribution >= 0.6 is 0 Å². The van der Waals surface area contributed by atoms with Crippen LogP contribution in [0.5, 0.6) is 0 Å². The van der Waals surface area contributed by atoms with Gasteiger partial charge in [-0.2, -0.15) is 42.3 Å². The summed E-state index contributed by atoms with van der Waals surface area (Å²) in [5, 5.41) is 10.5. The van der Waals surface area contributed by atoms with E-state index in [4.69, 9.17) is 5.84 Å². The Morgan fingerprint density at radius 1 is 0.882 bits per heavy atom. The van der Waals surface area contributed by atoms with E-state index in [1.807, 2.05) is 0 Å². The van der Waals surface area contributed by atoms with Crippen molar-refractivity contribution in [1.82, 2.24) is 5.43 Å². The van der Waals surface area contributed by atoms with Crippen LogP contribution in [0.25, 0.3) is 16.0 Å². The molecule has 5 nitrogen and oxygen atoms in total. The van der Waals surface area contributed by atoms with Crippen molar-refractivity contribution < 1.29 is 22.4 Å². The molecule has 0 bridgehead atoms. The van der Waals surface area contributed by atoms with Crippen molar-refractivity contribution in [2.45, 2.75) is 32.7 Å². The van der Waals surface area contributed by atoms with Crippen molar-refractivity contribution in [3.63, 3.8) is 0 Å². The summed E-state index contributed by atoms with van der Waals surface area (Å²) in [6, 6.07) is 0. The predicted molar refractivity (Wildman–Crippen MR) is 77.3 cm³/mol. The van der Waals surface area contributed by atoms with E-state index in [1.165, 1.54) is 0 Å². The maximum Gasteiger partial charge on any atom is 0.0262 e. The molecule has 0 aromatic carbocycles. The van der Waals surface area contributed by atoms with E-state index < -0.39 is 0 Å². The molecule has 0 aliphatic rings. The van der Waals surface area contributed by atoms with E-state index in [1.54, 1.807) is 42.3 Å². The van der Waals surface area contributed by atoms with Crippen LogP contribution in [0, 0.1) is 0 Å². The fourth-order valence-corrected chi connectivity index (χ4v) is 0.102. The Hall–Kier alpha value is 0.540. The minimum absolute atomic E-state index is 0. The first kappa shape index (κ1) is 30.5. The van der Waals surface area contributed by atoms with Gasteiger partial charge in [0.15, 0.2) is 0 Å². The first-order valence-corrected chi connectivity index (χ1v) is 5.28. The van der Waals surface area contributed by atoms with E-state index in [9.17, 15) is 0 Å². The van der Waals surface area contributed by atoms with Crippen LogP contribution in [0.15, 0.2) is 0 Å². The number of hydrazine groups is 1. The van der Waals surface area contributed by atoms with Crippen molar-refractivity contribution in [1.29, 1.82) is 0 Å². The van der Waals surface area contributed by atoms with Crippen LogP contribution in [0.2, 0.25) is 0 Å². The SMILES string of the molecule is CCC(C)(C)NN.C[N-]C.C[N-]C.C[N-]C.[Ta]. The van der Waals surface area contributed by atoms with Gasteiger partial charge in [-0.15, -0.1) is 0 Å². The summed E-state index contributed by atoms with van der Waals surface area (Å²) in [7, 11) is 10.5. The number of nitrogens with zero attached hydrogens (tertiary/aromatic N) is 3. The first-order chi connectivity index (χ1) is 7.36. The molecule has 0 heterocycles. The summed E-state index contributed by atoms with van der Waals surface area (Å²) in [6.07, 6.45) is 1.06. The van der Waals surface area contributed by atoms with Crippen molar-refractivity contribution in [2.24, 2.45) is 5.84 Å². The van der Waals surface area contributed by atoms with Gasteiger partial charge < -0.3 is 16.0 Å². The molecule has 0 amide bonds. The predicted octanol–water partition coefficient (Wildman–Crippen LogP) is 2.49. The molecule has 109 valence electrons. The Balaban J connectivity index is -0.0000000411. The van der Waals surface area contributed by atoms with Gasteiger partial charge in [0.1, 0.15) is 0 Å². The molecular weight excluding hydrogens is 383 g/mol. The topological polar surface area (TPSA) is 80.3 Å². The molecule has 0 unspecified atom stereocenters. The molecular formula is C11H32N5Ta-3. The molecule has 0 saturated carbocycles. The summed E-state index contributed by atoms with van der Waals surface area (Å²) >= 11 is 0. The van der Waals surface area contributed by atoms with Crippen LogP contribution in [-0.4, -0.2) is 47.8 Å². The molecule has 0 atom stereocenters. The van der Waals surface area contributed by atoms with Gasteiger partial charge in [-0.05, 0) is 20.3 Å². The monoisotopic (exact) mass is 415 g/mol. The van der Waals surface area contributed by atoms with Crippen molar-refractivity contribution in [2.75, 3.05) is 42.3 Å². The molecule has 17 heavy (non-hydrogen) atoms. The van der Waals surface area contributed by atoms with Crippen LogP contribution in [0.1, 0.15) is 27.2 Å². The van der Waals surface area contributed by atoms with E-state index in [0.717, 1.165) is 6.42 Å². The molecule has 0 spiro atoms. The summed E-state index contributed by atoms with van der Waals surface area (Å²) in [5.41, 5.74) is 2.80. The Morgan fingerprint density at radius 3 is 1.06 bits per heavy atom. The fraction of sp³-hybridized carbons (Fsp3) is 1.00. The van der Waals surface area contributed by atoms with Crippen LogP contribution in [0.3, 0.4) is 0 Å². The van der Waals surface area contributed by atoms with Crippen LogP contribution in [-0.2, 0) is 22.4 Å². The van der Waals surface area contributed by atoms with Crippen molar-refractivity contribution in [3.8, 4) is 0 Å².